The van der Waals surface area contributed by atoms with Gasteiger partial charge in [0.2, 0.25) is 0 Å². The number of anilines is 1. The van der Waals surface area contributed by atoms with Crippen LogP contribution in [0.5, 0.6) is 0 Å². The summed E-state index contributed by atoms with van der Waals surface area (Å²) in [6.45, 7) is 5.15. The molecule has 8 heteroatoms. The Bertz CT molecular complexity index is 956. The first-order chi connectivity index (χ1) is 12.7. The summed E-state index contributed by atoms with van der Waals surface area (Å²) in [5.74, 6) is -0.276. The van der Waals surface area contributed by atoms with Crippen molar-refractivity contribution in [3.8, 4) is 0 Å². The van der Waals surface area contributed by atoms with Crippen molar-refractivity contribution in [2.75, 3.05) is 31.2 Å². The summed E-state index contributed by atoms with van der Waals surface area (Å²) >= 11 is 1.65. The summed E-state index contributed by atoms with van der Waals surface area (Å²) in [5.41, 5.74) is 4.51. The minimum Gasteiger partial charge on any atom is -0.378 e. The van der Waals surface area contributed by atoms with Crippen LogP contribution in [-0.4, -0.2) is 47.8 Å². The van der Waals surface area contributed by atoms with Crippen molar-refractivity contribution in [2.45, 2.75) is 6.92 Å². The van der Waals surface area contributed by atoms with E-state index in [4.69, 9.17) is 4.74 Å². The third-order valence-corrected chi connectivity index (χ3v) is 5.29. The first-order valence-corrected chi connectivity index (χ1v) is 9.23. The Morgan fingerprint density at radius 2 is 2.15 bits per heavy atom. The molecule has 1 aliphatic rings. The number of aryl methyl sites for hydroxylation is 1. The summed E-state index contributed by atoms with van der Waals surface area (Å²) in [4.78, 5) is 20.2. The molecule has 3 aromatic rings. The Hall–Kier alpha value is -2.71. The summed E-state index contributed by atoms with van der Waals surface area (Å²) < 4.78 is 7.14. The third kappa shape index (κ3) is 3.33. The second kappa shape index (κ2) is 7.27. The smallest absolute Gasteiger partial charge is 0.290 e. The zero-order valence-corrected chi connectivity index (χ0v) is 15.2. The highest BCUT2D eigenvalue weighted by atomic mass is 32.1. The van der Waals surface area contributed by atoms with Gasteiger partial charge in [-0.05, 0) is 31.2 Å². The molecule has 7 nitrogen and oxygen atoms in total. The van der Waals surface area contributed by atoms with E-state index in [1.165, 1.54) is 5.00 Å². The summed E-state index contributed by atoms with van der Waals surface area (Å²) in [7, 11) is 0. The topological polar surface area (TPSA) is 71.2 Å². The van der Waals surface area contributed by atoms with E-state index in [0.29, 0.717) is 11.4 Å². The van der Waals surface area contributed by atoms with Gasteiger partial charge in [-0.3, -0.25) is 9.20 Å². The number of hydrazone groups is 1. The molecule has 0 unspecified atom stereocenters. The number of amides is 1. The summed E-state index contributed by atoms with van der Waals surface area (Å²) in [6.07, 6.45) is 3.49. The summed E-state index contributed by atoms with van der Waals surface area (Å²) in [6, 6.07) is 9.71. The Labute approximate surface area is 154 Å². The van der Waals surface area contributed by atoms with Crippen molar-refractivity contribution in [1.82, 2.24) is 14.8 Å². The molecule has 0 bridgehead atoms. The minimum absolute atomic E-state index is 0.276. The average molecular weight is 369 g/mol. The van der Waals surface area contributed by atoms with Gasteiger partial charge in [-0.1, -0.05) is 6.07 Å². The minimum atomic E-state index is -0.276. The number of aromatic nitrogens is 2. The number of nitrogens with zero attached hydrogens (tertiary/aromatic N) is 4. The zero-order chi connectivity index (χ0) is 17.9. The molecule has 4 rings (SSSR count). The number of morpholine rings is 1. The monoisotopic (exact) mass is 369 g/mol. The maximum atomic E-state index is 12.5. The molecular formula is C18H19N5O2S. The Kier molecular flexibility index (Phi) is 4.68. The molecule has 0 saturated carbocycles. The SMILES string of the molecule is Cc1nc2ccccn2c1C(=O)N/N=C/c1ccc(N2CCOCC2)s1. The van der Waals surface area contributed by atoms with E-state index in [1.807, 2.05) is 37.4 Å². The third-order valence-electron chi connectivity index (χ3n) is 4.21. The maximum Gasteiger partial charge on any atom is 0.290 e. The highest BCUT2D eigenvalue weighted by Crippen LogP contribution is 2.25. The molecule has 1 aliphatic heterocycles. The molecule has 4 heterocycles. The van der Waals surface area contributed by atoms with Crippen molar-refractivity contribution in [1.29, 1.82) is 0 Å². The van der Waals surface area contributed by atoms with Gasteiger partial charge in [0.15, 0.2) is 0 Å². The number of hydrogen-bond acceptors (Lipinski definition) is 6. The molecular weight excluding hydrogens is 350 g/mol. The highest BCUT2D eigenvalue weighted by molar-refractivity contribution is 7.17. The predicted molar refractivity (Wildman–Crippen MR) is 102 cm³/mol. The van der Waals surface area contributed by atoms with E-state index in [1.54, 1.807) is 22.0 Å². The van der Waals surface area contributed by atoms with E-state index in [2.05, 4.69) is 26.5 Å². The van der Waals surface area contributed by atoms with Crippen molar-refractivity contribution in [2.24, 2.45) is 5.10 Å². The molecule has 1 amide bonds. The van der Waals surface area contributed by atoms with Crippen molar-refractivity contribution in [3.63, 3.8) is 0 Å². The lowest BCUT2D eigenvalue weighted by Gasteiger charge is -2.27. The quantitative estimate of drug-likeness (QED) is 0.566. The van der Waals surface area contributed by atoms with E-state index in [0.717, 1.165) is 36.8 Å². The van der Waals surface area contributed by atoms with Crippen LogP contribution >= 0.6 is 11.3 Å². The van der Waals surface area contributed by atoms with Gasteiger partial charge in [-0.2, -0.15) is 5.10 Å². The van der Waals surface area contributed by atoms with Crippen molar-refractivity contribution < 1.29 is 9.53 Å². The number of pyridine rings is 1. The van der Waals surface area contributed by atoms with Gasteiger partial charge in [0.25, 0.3) is 5.91 Å². The van der Waals surface area contributed by atoms with E-state index in [9.17, 15) is 4.79 Å². The maximum absolute atomic E-state index is 12.5. The lowest BCUT2D eigenvalue weighted by molar-refractivity contribution is 0.0948. The second-order valence-corrected chi connectivity index (χ2v) is 7.04. The largest absolute Gasteiger partial charge is 0.378 e. The second-order valence-electron chi connectivity index (χ2n) is 5.95. The van der Waals surface area contributed by atoms with E-state index < -0.39 is 0 Å². The number of nitrogens with one attached hydrogen (secondary N) is 1. The number of rotatable bonds is 4. The van der Waals surface area contributed by atoms with Crippen LogP contribution in [0.2, 0.25) is 0 Å². The molecule has 0 atom stereocenters. The number of ether oxygens (including phenoxy) is 1. The lowest BCUT2D eigenvalue weighted by atomic mass is 10.3. The molecule has 1 saturated heterocycles. The van der Waals surface area contributed by atoms with Gasteiger partial charge in [-0.15, -0.1) is 11.3 Å². The first kappa shape index (κ1) is 16.7. The number of imidazole rings is 1. The molecule has 0 aliphatic carbocycles. The molecule has 0 spiro atoms. The van der Waals surface area contributed by atoms with Crippen LogP contribution in [0, 0.1) is 6.92 Å². The molecule has 134 valence electrons. The molecule has 0 radical (unpaired) electrons. The highest BCUT2D eigenvalue weighted by Gasteiger charge is 2.16. The Morgan fingerprint density at radius 3 is 3.00 bits per heavy atom. The van der Waals surface area contributed by atoms with Gasteiger partial charge < -0.3 is 9.64 Å². The van der Waals surface area contributed by atoms with Gasteiger partial charge in [0.1, 0.15) is 11.3 Å². The molecule has 1 fully saturated rings. The van der Waals surface area contributed by atoms with E-state index >= 15 is 0 Å². The normalized spacial score (nSPS) is 15.0. The summed E-state index contributed by atoms with van der Waals surface area (Å²) in [5, 5.41) is 5.30. The molecule has 1 N–H and O–H groups in total. The lowest BCUT2D eigenvalue weighted by Crippen LogP contribution is -2.35. The zero-order valence-electron chi connectivity index (χ0n) is 14.4. The van der Waals surface area contributed by atoms with Crippen molar-refractivity contribution >= 4 is 34.1 Å². The number of carbonyl (C=O) groups excluding carboxylic acids is 1. The first-order valence-electron chi connectivity index (χ1n) is 8.42. The van der Waals surface area contributed by atoms with Crippen LogP contribution in [0.15, 0.2) is 41.6 Å². The predicted octanol–water partition coefficient (Wildman–Crippen LogP) is 2.30. The van der Waals surface area contributed by atoms with Gasteiger partial charge in [0, 0.05) is 24.2 Å². The van der Waals surface area contributed by atoms with Gasteiger partial charge in [0.05, 0.1) is 30.1 Å². The van der Waals surface area contributed by atoms with Crippen LogP contribution in [-0.2, 0) is 4.74 Å². The van der Waals surface area contributed by atoms with E-state index in [-0.39, 0.29) is 5.91 Å². The fourth-order valence-electron chi connectivity index (χ4n) is 2.96. The number of thiophene rings is 1. The van der Waals surface area contributed by atoms with Crippen LogP contribution in [0.25, 0.3) is 5.65 Å². The molecule has 26 heavy (non-hydrogen) atoms. The van der Waals surface area contributed by atoms with Crippen LogP contribution < -0.4 is 10.3 Å². The standard InChI is InChI=1S/C18H19N5O2S/c1-13-17(23-7-3-2-4-15(23)20-13)18(24)21-19-12-14-5-6-16(26-14)22-8-10-25-11-9-22/h2-7,12H,8-11H2,1H3,(H,21,24)/b19-12+. The van der Waals surface area contributed by atoms with Crippen LogP contribution in [0.3, 0.4) is 0 Å². The Morgan fingerprint density at radius 1 is 1.31 bits per heavy atom. The van der Waals surface area contributed by atoms with Crippen LogP contribution in [0.1, 0.15) is 21.1 Å². The Balaban J connectivity index is 1.44. The van der Waals surface area contributed by atoms with Gasteiger partial charge in [-0.25, -0.2) is 10.4 Å². The van der Waals surface area contributed by atoms with Gasteiger partial charge >= 0.3 is 0 Å². The fourth-order valence-corrected chi connectivity index (χ4v) is 3.89. The molecule has 3 aromatic heterocycles. The molecule has 0 aromatic carbocycles. The number of carbonyl (C=O) groups is 1. The van der Waals surface area contributed by atoms with Crippen LogP contribution in [0.4, 0.5) is 5.00 Å². The number of hydrogen-bond donors (Lipinski definition) is 1. The fraction of sp³-hybridized carbons (Fsp3) is 0.278. The number of fused-ring (bicyclic) bond motifs is 1. The average Bonchev–Trinajstić information content (AvgIpc) is 3.26. The van der Waals surface area contributed by atoms with Crippen molar-refractivity contribution in [3.05, 3.63) is 52.8 Å².